The number of hydrogen-bond acceptors (Lipinski definition) is 7. The fourth-order valence-electron chi connectivity index (χ4n) is 1.58. The maximum atomic E-state index is 11.7. The lowest BCUT2D eigenvalue weighted by molar-refractivity contribution is -0.00551. The Balaban J connectivity index is 1.89. The smallest absolute Gasteiger partial charge is 0.338 e. The number of ether oxygens (including phenoxy) is 5. The number of carbonyl (C=O) groups is 1. The van der Waals surface area contributed by atoms with Gasteiger partial charge in [-0.25, -0.2) is 4.79 Å². The number of anilines is 1. The number of benzene rings is 1. The summed E-state index contributed by atoms with van der Waals surface area (Å²) in [6.45, 7) is 3.63. The summed E-state index contributed by atoms with van der Waals surface area (Å²) in [7, 11) is 1.63. The Bertz CT molecular complexity index is 423. The second kappa shape index (κ2) is 12.8. The predicted molar refractivity (Wildman–Crippen MR) is 85.5 cm³/mol. The van der Waals surface area contributed by atoms with Crippen LogP contribution in [0.25, 0.3) is 0 Å². The van der Waals surface area contributed by atoms with Crippen molar-refractivity contribution in [2.45, 2.75) is 0 Å². The molecular formula is C16H25NO6. The third-order valence-electron chi connectivity index (χ3n) is 2.78. The fourth-order valence-corrected chi connectivity index (χ4v) is 1.58. The van der Waals surface area contributed by atoms with E-state index in [-0.39, 0.29) is 6.61 Å². The van der Waals surface area contributed by atoms with Crippen LogP contribution in [0, 0.1) is 0 Å². The van der Waals surface area contributed by atoms with Crippen LogP contribution < -0.4 is 5.73 Å². The molecule has 7 heteroatoms. The van der Waals surface area contributed by atoms with Crippen molar-refractivity contribution in [3.05, 3.63) is 29.8 Å². The zero-order valence-electron chi connectivity index (χ0n) is 13.5. The van der Waals surface area contributed by atoms with Crippen LogP contribution in [0.5, 0.6) is 0 Å². The second-order valence-corrected chi connectivity index (χ2v) is 4.59. The monoisotopic (exact) mass is 327 g/mol. The molecule has 130 valence electrons. The first-order chi connectivity index (χ1) is 11.2. The number of esters is 1. The standard InChI is InChI=1S/C16H25NO6/c1-19-6-7-20-8-9-21-10-11-22-12-13-23-16(18)14-2-4-15(17)5-3-14/h2-5H,6-13,17H2,1H3. The molecule has 1 aromatic carbocycles. The predicted octanol–water partition coefficient (Wildman–Crippen LogP) is 1.12. The van der Waals surface area contributed by atoms with Crippen molar-refractivity contribution >= 4 is 11.7 Å². The van der Waals surface area contributed by atoms with Gasteiger partial charge in [0.05, 0.1) is 51.8 Å². The Hall–Kier alpha value is -1.67. The SMILES string of the molecule is COCCOCCOCCOCCOC(=O)c1ccc(N)cc1. The molecule has 0 aliphatic rings. The van der Waals surface area contributed by atoms with Crippen molar-refractivity contribution in [2.24, 2.45) is 0 Å². The van der Waals surface area contributed by atoms with E-state index in [1.165, 1.54) is 0 Å². The number of nitrogens with two attached hydrogens (primary N) is 1. The molecule has 0 amide bonds. The molecule has 23 heavy (non-hydrogen) atoms. The Kier molecular flexibility index (Phi) is 10.8. The van der Waals surface area contributed by atoms with Crippen molar-refractivity contribution in [1.82, 2.24) is 0 Å². The summed E-state index contributed by atoms with van der Waals surface area (Å²) in [6.07, 6.45) is 0. The number of carbonyl (C=O) groups excluding carboxylic acids is 1. The number of rotatable bonds is 13. The topological polar surface area (TPSA) is 89.2 Å². The van der Waals surface area contributed by atoms with Crippen LogP contribution in [-0.4, -0.2) is 65.9 Å². The molecule has 0 unspecified atom stereocenters. The van der Waals surface area contributed by atoms with E-state index in [0.717, 1.165) is 0 Å². The lowest BCUT2D eigenvalue weighted by Gasteiger charge is -2.07. The van der Waals surface area contributed by atoms with Crippen LogP contribution in [0.4, 0.5) is 5.69 Å². The van der Waals surface area contributed by atoms with E-state index in [4.69, 9.17) is 29.4 Å². The van der Waals surface area contributed by atoms with E-state index in [1.807, 2.05) is 0 Å². The summed E-state index contributed by atoms with van der Waals surface area (Å²) in [6, 6.07) is 6.56. The van der Waals surface area contributed by atoms with E-state index >= 15 is 0 Å². The quantitative estimate of drug-likeness (QED) is 0.330. The molecule has 0 spiro atoms. The molecule has 0 fully saturated rings. The van der Waals surface area contributed by atoms with Gasteiger partial charge in [-0.15, -0.1) is 0 Å². The molecule has 2 N–H and O–H groups in total. The summed E-state index contributed by atoms with van der Waals surface area (Å²) < 4.78 is 25.8. The molecule has 0 radical (unpaired) electrons. The first-order valence-electron chi connectivity index (χ1n) is 7.49. The third-order valence-corrected chi connectivity index (χ3v) is 2.78. The summed E-state index contributed by atoms with van der Waals surface area (Å²) >= 11 is 0. The molecule has 7 nitrogen and oxygen atoms in total. The highest BCUT2D eigenvalue weighted by molar-refractivity contribution is 5.89. The normalized spacial score (nSPS) is 10.7. The highest BCUT2D eigenvalue weighted by atomic mass is 16.6. The Morgan fingerprint density at radius 2 is 1.30 bits per heavy atom. The first-order valence-corrected chi connectivity index (χ1v) is 7.49. The van der Waals surface area contributed by atoms with Gasteiger partial charge in [0.1, 0.15) is 6.61 Å². The fraction of sp³-hybridized carbons (Fsp3) is 0.562. The van der Waals surface area contributed by atoms with Gasteiger partial charge in [-0.3, -0.25) is 0 Å². The van der Waals surface area contributed by atoms with E-state index in [1.54, 1.807) is 31.4 Å². The molecular weight excluding hydrogens is 302 g/mol. The van der Waals surface area contributed by atoms with Crippen LogP contribution in [0.1, 0.15) is 10.4 Å². The summed E-state index contributed by atoms with van der Waals surface area (Å²) in [5.41, 5.74) is 6.62. The maximum absolute atomic E-state index is 11.7. The number of methoxy groups -OCH3 is 1. The van der Waals surface area contributed by atoms with Gasteiger partial charge in [0, 0.05) is 12.8 Å². The van der Waals surface area contributed by atoms with Crippen LogP contribution in [0.15, 0.2) is 24.3 Å². The van der Waals surface area contributed by atoms with Gasteiger partial charge in [-0.1, -0.05) is 0 Å². The van der Waals surface area contributed by atoms with Crippen LogP contribution in [0.2, 0.25) is 0 Å². The molecule has 0 atom stereocenters. The van der Waals surface area contributed by atoms with Crippen LogP contribution in [-0.2, 0) is 23.7 Å². The van der Waals surface area contributed by atoms with Gasteiger partial charge in [0.15, 0.2) is 0 Å². The summed E-state index contributed by atoms with van der Waals surface area (Å²) in [4.78, 5) is 11.7. The van der Waals surface area contributed by atoms with Gasteiger partial charge >= 0.3 is 5.97 Å². The average Bonchev–Trinajstić information content (AvgIpc) is 2.56. The van der Waals surface area contributed by atoms with Crippen molar-refractivity contribution in [3.8, 4) is 0 Å². The van der Waals surface area contributed by atoms with E-state index in [2.05, 4.69) is 0 Å². The molecule has 0 aliphatic carbocycles. The molecule has 0 saturated heterocycles. The minimum absolute atomic E-state index is 0.198. The molecule has 0 saturated carbocycles. The third kappa shape index (κ3) is 9.85. The van der Waals surface area contributed by atoms with Crippen LogP contribution in [0.3, 0.4) is 0 Å². The molecule has 0 aromatic heterocycles. The Morgan fingerprint density at radius 3 is 1.83 bits per heavy atom. The largest absolute Gasteiger partial charge is 0.460 e. The minimum Gasteiger partial charge on any atom is -0.460 e. The van der Waals surface area contributed by atoms with Crippen molar-refractivity contribution in [3.63, 3.8) is 0 Å². The van der Waals surface area contributed by atoms with Crippen LogP contribution >= 0.6 is 0 Å². The summed E-state index contributed by atoms with van der Waals surface area (Å²) in [5.74, 6) is -0.391. The van der Waals surface area contributed by atoms with Gasteiger partial charge in [0.2, 0.25) is 0 Å². The van der Waals surface area contributed by atoms with Gasteiger partial charge < -0.3 is 29.4 Å². The van der Waals surface area contributed by atoms with E-state index < -0.39 is 5.97 Å². The van der Waals surface area contributed by atoms with Crippen molar-refractivity contribution < 1.29 is 28.5 Å². The zero-order valence-corrected chi connectivity index (χ0v) is 13.5. The van der Waals surface area contributed by atoms with E-state index in [9.17, 15) is 4.79 Å². The Morgan fingerprint density at radius 1 is 0.826 bits per heavy atom. The molecule has 1 aromatic rings. The van der Waals surface area contributed by atoms with Gasteiger partial charge in [-0.05, 0) is 24.3 Å². The first kappa shape index (κ1) is 19.4. The lowest BCUT2D eigenvalue weighted by Crippen LogP contribution is -2.14. The maximum Gasteiger partial charge on any atom is 0.338 e. The minimum atomic E-state index is -0.391. The zero-order chi connectivity index (χ0) is 16.8. The van der Waals surface area contributed by atoms with E-state index in [0.29, 0.717) is 57.5 Å². The highest BCUT2D eigenvalue weighted by Crippen LogP contribution is 2.06. The molecule has 0 heterocycles. The lowest BCUT2D eigenvalue weighted by atomic mass is 10.2. The second-order valence-electron chi connectivity index (χ2n) is 4.59. The molecule has 0 bridgehead atoms. The van der Waals surface area contributed by atoms with Gasteiger partial charge in [0.25, 0.3) is 0 Å². The summed E-state index contributed by atoms with van der Waals surface area (Å²) in [5, 5.41) is 0. The Labute approximate surface area is 136 Å². The molecule has 0 aliphatic heterocycles. The average molecular weight is 327 g/mol. The number of nitrogen functional groups attached to an aromatic ring is 1. The number of hydrogen-bond donors (Lipinski definition) is 1. The van der Waals surface area contributed by atoms with Crippen molar-refractivity contribution in [1.29, 1.82) is 0 Å². The van der Waals surface area contributed by atoms with Crippen molar-refractivity contribution in [2.75, 3.05) is 65.7 Å². The molecule has 1 rings (SSSR count). The highest BCUT2D eigenvalue weighted by Gasteiger charge is 2.05. The van der Waals surface area contributed by atoms with Gasteiger partial charge in [-0.2, -0.15) is 0 Å².